The van der Waals surface area contributed by atoms with E-state index in [2.05, 4.69) is 20.2 Å². The molecule has 5 rings (SSSR count). The number of carbonyl (C=O) groups excluding carboxylic acids is 1. The van der Waals surface area contributed by atoms with E-state index in [0.717, 1.165) is 18.8 Å². The molecule has 3 aromatic heterocycles. The van der Waals surface area contributed by atoms with Gasteiger partial charge in [-0.1, -0.05) is 12.1 Å². The Balaban J connectivity index is 1.38. The molecule has 0 saturated carbocycles. The molecule has 1 aromatic carbocycles. The summed E-state index contributed by atoms with van der Waals surface area (Å²) < 4.78 is 16.9. The Morgan fingerprint density at radius 3 is 2.77 bits per heavy atom. The van der Waals surface area contributed by atoms with Crippen molar-refractivity contribution in [2.75, 3.05) is 31.1 Å². The number of carbonyl (C=O) groups is 1. The van der Waals surface area contributed by atoms with Gasteiger partial charge < -0.3 is 9.80 Å². The Bertz CT molecular complexity index is 1250. The zero-order valence-corrected chi connectivity index (χ0v) is 17.0. The Morgan fingerprint density at radius 1 is 1.06 bits per heavy atom. The van der Waals surface area contributed by atoms with E-state index in [1.54, 1.807) is 40.8 Å². The number of aryl methyl sites for hydroxylation is 1. The van der Waals surface area contributed by atoms with E-state index in [1.165, 1.54) is 12.1 Å². The first kappa shape index (κ1) is 19.2. The van der Waals surface area contributed by atoms with E-state index in [0.29, 0.717) is 42.2 Å². The van der Waals surface area contributed by atoms with E-state index in [-0.39, 0.29) is 11.7 Å². The lowest BCUT2D eigenvalue weighted by molar-refractivity contribution is 0.0767. The Hall–Kier alpha value is -3.82. The number of benzene rings is 1. The zero-order valence-electron chi connectivity index (χ0n) is 17.0. The van der Waals surface area contributed by atoms with Gasteiger partial charge in [0.15, 0.2) is 11.5 Å². The predicted octanol–water partition coefficient (Wildman–Crippen LogP) is 2.02. The van der Waals surface area contributed by atoms with Crippen molar-refractivity contribution in [3.05, 3.63) is 60.2 Å². The molecule has 31 heavy (non-hydrogen) atoms. The minimum atomic E-state index is -0.337. The third-order valence-corrected chi connectivity index (χ3v) is 5.39. The van der Waals surface area contributed by atoms with Crippen LogP contribution in [0.15, 0.2) is 48.8 Å². The first-order chi connectivity index (χ1) is 15.1. The van der Waals surface area contributed by atoms with E-state index in [9.17, 15) is 9.18 Å². The molecular weight excluding hydrogens is 399 g/mol. The van der Waals surface area contributed by atoms with Crippen molar-refractivity contribution in [1.82, 2.24) is 34.5 Å². The van der Waals surface area contributed by atoms with Crippen molar-refractivity contribution in [3.63, 3.8) is 0 Å². The minimum Gasteiger partial charge on any atom is -0.353 e. The number of nitrogens with zero attached hydrogens (tertiary/aromatic N) is 8. The number of fused-ring (bicyclic) bond motifs is 1. The normalized spacial score (nSPS) is 14.8. The second-order valence-electron chi connectivity index (χ2n) is 7.53. The van der Waals surface area contributed by atoms with Gasteiger partial charge in [-0.2, -0.15) is 9.61 Å². The van der Waals surface area contributed by atoms with Gasteiger partial charge in [-0.3, -0.25) is 9.48 Å². The summed E-state index contributed by atoms with van der Waals surface area (Å²) in [4.78, 5) is 16.8. The quantitative estimate of drug-likeness (QED) is 0.504. The van der Waals surface area contributed by atoms with Crippen molar-refractivity contribution in [2.45, 2.75) is 6.42 Å². The molecule has 0 N–H and O–H groups in total. The second kappa shape index (κ2) is 7.78. The van der Waals surface area contributed by atoms with Gasteiger partial charge in [-0.05, 0) is 30.7 Å². The maximum Gasteiger partial charge on any atom is 0.257 e. The lowest BCUT2D eigenvalue weighted by atomic mass is 10.2. The molecule has 0 aliphatic carbocycles. The van der Waals surface area contributed by atoms with Crippen LogP contribution in [-0.4, -0.2) is 66.6 Å². The maximum absolute atomic E-state index is 13.7. The van der Waals surface area contributed by atoms with Crippen LogP contribution in [0.1, 0.15) is 16.8 Å². The summed E-state index contributed by atoms with van der Waals surface area (Å²) >= 11 is 0. The number of rotatable bonds is 3. The van der Waals surface area contributed by atoms with Crippen molar-refractivity contribution in [2.24, 2.45) is 7.05 Å². The van der Waals surface area contributed by atoms with Crippen LogP contribution in [0.3, 0.4) is 0 Å². The van der Waals surface area contributed by atoms with Crippen LogP contribution < -0.4 is 4.90 Å². The van der Waals surface area contributed by atoms with Gasteiger partial charge in [0.25, 0.3) is 5.91 Å². The number of hydrogen-bond acceptors (Lipinski definition) is 6. The molecule has 1 saturated heterocycles. The van der Waals surface area contributed by atoms with Crippen molar-refractivity contribution < 1.29 is 9.18 Å². The number of amides is 1. The van der Waals surface area contributed by atoms with Crippen LogP contribution in [0.2, 0.25) is 0 Å². The first-order valence-corrected chi connectivity index (χ1v) is 10.1. The summed E-state index contributed by atoms with van der Waals surface area (Å²) in [6.07, 6.45) is 4.16. The Labute approximate surface area is 177 Å². The topological polar surface area (TPSA) is 84.5 Å². The smallest absolute Gasteiger partial charge is 0.257 e. The van der Waals surface area contributed by atoms with E-state index in [4.69, 9.17) is 5.10 Å². The fourth-order valence-corrected chi connectivity index (χ4v) is 3.82. The van der Waals surface area contributed by atoms with Crippen molar-refractivity contribution in [1.29, 1.82) is 0 Å². The number of hydrogen-bond donors (Lipinski definition) is 0. The molecule has 4 heterocycles. The maximum atomic E-state index is 13.7. The number of anilines is 1. The highest BCUT2D eigenvalue weighted by atomic mass is 19.1. The van der Waals surface area contributed by atoms with Gasteiger partial charge in [0, 0.05) is 45.0 Å². The van der Waals surface area contributed by atoms with Crippen LogP contribution in [0.4, 0.5) is 10.2 Å². The summed E-state index contributed by atoms with van der Waals surface area (Å²) in [5.41, 5.74) is 1.80. The zero-order chi connectivity index (χ0) is 21.4. The largest absolute Gasteiger partial charge is 0.353 e. The summed E-state index contributed by atoms with van der Waals surface area (Å²) in [6.45, 7) is 2.69. The predicted molar refractivity (Wildman–Crippen MR) is 112 cm³/mol. The Kier molecular flexibility index (Phi) is 4.81. The number of halogens is 1. The molecule has 1 aliphatic heterocycles. The highest BCUT2D eigenvalue weighted by Gasteiger charge is 2.22. The van der Waals surface area contributed by atoms with Crippen molar-refractivity contribution in [3.8, 4) is 11.4 Å². The SMILES string of the molecule is Cn1cc(C(=O)N2CCCN(c3ccc4nnc(-c5cccc(F)c5)n4n3)CC2)cn1. The highest BCUT2D eigenvalue weighted by molar-refractivity contribution is 5.93. The molecule has 1 amide bonds. The molecule has 1 fully saturated rings. The van der Waals surface area contributed by atoms with Crippen molar-refractivity contribution >= 4 is 17.4 Å². The molecule has 10 heteroatoms. The van der Waals surface area contributed by atoms with Crippen LogP contribution >= 0.6 is 0 Å². The molecule has 158 valence electrons. The standard InChI is InChI=1S/C21H21FN8O/c1-27-14-16(13-23-27)21(31)29-9-3-8-28(10-11-29)19-7-6-18-24-25-20(30(18)26-19)15-4-2-5-17(22)12-15/h2,4-7,12-14H,3,8-11H2,1H3. The van der Waals surface area contributed by atoms with Gasteiger partial charge in [-0.25, -0.2) is 4.39 Å². The summed E-state index contributed by atoms with van der Waals surface area (Å²) in [5, 5.41) is 17.1. The molecule has 0 unspecified atom stereocenters. The lowest BCUT2D eigenvalue weighted by Crippen LogP contribution is -2.35. The molecule has 1 aliphatic rings. The second-order valence-corrected chi connectivity index (χ2v) is 7.53. The molecule has 0 atom stereocenters. The molecule has 0 spiro atoms. The van der Waals surface area contributed by atoms with Gasteiger partial charge in [0.05, 0.1) is 11.8 Å². The molecule has 0 bridgehead atoms. The molecular formula is C21H21FN8O. The fraction of sp³-hybridized carbons (Fsp3) is 0.286. The first-order valence-electron chi connectivity index (χ1n) is 10.1. The fourth-order valence-electron chi connectivity index (χ4n) is 3.82. The van der Waals surface area contributed by atoms with E-state index in [1.807, 2.05) is 17.0 Å². The van der Waals surface area contributed by atoms with Crippen LogP contribution in [0, 0.1) is 5.82 Å². The third-order valence-electron chi connectivity index (χ3n) is 5.39. The van der Waals surface area contributed by atoms with Gasteiger partial charge in [0.1, 0.15) is 11.6 Å². The summed E-state index contributed by atoms with van der Waals surface area (Å²) in [5.74, 6) is 0.905. The monoisotopic (exact) mass is 420 g/mol. The average molecular weight is 420 g/mol. The highest BCUT2D eigenvalue weighted by Crippen LogP contribution is 2.21. The number of aromatic nitrogens is 6. The van der Waals surface area contributed by atoms with Gasteiger partial charge >= 0.3 is 0 Å². The van der Waals surface area contributed by atoms with Crippen LogP contribution in [-0.2, 0) is 7.05 Å². The molecule has 4 aromatic rings. The molecule has 9 nitrogen and oxygen atoms in total. The van der Waals surface area contributed by atoms with E-state index < -0.39 is 0 Å². The minimum absolute atomic E-state index is 0.00874. The van der Waals surface area contributed by atoms with E-state index >= 15 is 0 Å². The van der Waals surface area contributed by atoms with Crippen LogP contribution in [0.5, 0.6) is 0 Å². The summed E-state index contributed by atoms with van der Waals surface area (Å²) in [7, 11) is 1.80. The average Bonchev–Trinajstić information content (AvgIpc) is 3.31. The molecule has 0 radical (unpaired) electrons. The lowest BCUT2D eigenvalue weighted by Gasteiger charge is -2.22. The van der Waals surface area contributed by atoms with Gasteiger partial charge in [-0.15, -0.1) is 15.3 Å². The van der Waals surface area contributed by atoms with Gasteiger partial charge in [0.2, 0.25) is 0 Å². The van der Waals surface area contributed by atoms with Crippen LogP contribution in [0.25, 0.3) is 17.0 Å². The summed E-state index contributed by atoms with van der Waals surface area (Å²) in [6, 6.07) is 9.97. The third kappa shape index (κ3) is 3.72. The Morgan fingerprint density at radius 2 is 1.97 bits per heavy atom.